The molecule has 1 fully saturated rings. The zero-order valence-corrected chi connectivity index (χ0v) is 12.8. The average Bonchev–Trinajstić information content (AvgIpc) is 2.47. The Bertz CT molecular complexity index is 580. The molecule has 0 amide bonds. The number of benzene rings is 1. The Morgan fingerprint density at radius 1 is 1.39 bits per heavy atom. The molecule has 0 saturated carbocycles. The number of halogens is 3. The summed E-state index contributed by atoms with van der Waals surface area (Å²) in [7, 11) is 1.34. The van der Waals surface area contributed by atoms with Crippen molar-refractivity contribution < 1.29 is 22.8 Å². The average molecular weight is 333 g/mol. The Morgan fingerprint density at radius 2 is 2.09 bits per heavy atom. The predicted octanol–water partition coefficient (Wildman–Crippen LogP) is 2.68. The monoisotopic (exact) mass is 333 g/mol. The maximum absolute atomic E-state index is 12.5. The second kappa shape index (κ2) is 6.61. The summed E-state index contributed by atoms with van der Waals surface area (Å²) in [5, 5.41) is 10.9. The summed E-state index contributed by atoms with van der Waals surface area (Å²) in [5.41, 5.74) is 0.561. The molecule has 128 valence electrons. The van der Waals surface area contributed by atoms with Crippen LogP contribution in [0.2, 0.25) is 0 Å². The quantitative estimate of drug-likeness (QED) is 0.626. The number of hydrogen-bond acceptors (Lipinski definition) is 5. The number of nitro groups is 1. The summed E-state index contributed by atoms with van der Waals surface area (Å²) in [5.74, 6) is 0.137. The van der Waals surface area contributed by atoms with Crippen LogP contribution in [0.4, 0.5) is 24.5 Å². The summed E-state index contributed by atoms with van der Waals surface area (Å²) < 4.78 is 42.6. The van der Waals surface area contributed by atoms with E-state index in [1.807, 2.05) is 4.90 Å². The molecular weight excluding hydrogens is 315 g/mol. The smallest absolute Gasteiger partial charge is 0.401 e. The largest absolute Gasteiger partial charge is 0.490 e. The van der Waals surface area contributed by atoms with Gasteiger partial charge in [-0.25, -0.2) is 0 Å². The van der Waals surface area contributed by atoms with Crippen molar-refractivity contribution >= 4 is 11.4 Å². The van der Waals surface area contributed by atoms with E-state index in [0.717, 1.165) is 0 Å². The number of piperazine rings is 1. The molecule has 1 saturated heterocycles. The molecule has 0 aliphatic carbocycles. The van der Waals surface area contributed by atoms with Crippen molar-refractivity contribution in [2.75, 3.05) is 38.2 Å². The van der Waals surface area contributed by atoms with Crippen LogP contribution in [0.1, 0.15) is 6.92 Å². The van der Waals surface area contributed by atoms with Crippen molar-refractivity contribution in [1.82, 2.24) is 4.90 Å². The standard InChI is InChI=1S/C14H18F3N3O3/c1-10-8-18(5-6-19(10)9-14(15,16)17)11-3-4-12(20(21)22)13(7-11)23-2/h3-4,7,10H,5-6,8-9H2,1-2H3. The lowest BCUT2D eigenvalue weighted by molar-refractivity contribution is -0.385. The van der Waals surface area contributed by atoms with Crippen molar-refractivity contribution in [3.63, 3.8) is 0 Å². The predicted molar refractivity (Wildman–Crippen MR) is 79.0 cm³/mol. The number of ether oxygens (including phenoxy) is 1. The number of alkyl halides is 3. The van der Waals surface area contributed by atoms with Gasteiger partial charge in [-0.3, -0.25) is 15.0 Å². The third kappa shape index (κ3) is 4.25. The van der Waals surface area contributed by atoms with E-state index in [0.29, 0.717) is 18.8 Å². The van der Waals surface area contributed by atoms with Crippen LogP contribution in [0, 0.1) is 10.1 Å². The van der Waals surface area contributed by atoms with Crippen LogP contribution in [0.5, 0.6) is 5.75 Å². The Kier molecular flexibility index (Phi) is 4.98. The van der Waals surface area contributed by atoms with Gasteiger partial charge in [0.05, 0.1) is 18.6 Å². The molecule has 0 radical (unpaired) electrons. The highest BCUT2D eigenvalue weighted by Crippen LogP contribution is 2.32. The highest BCUT2D eigenvalue weighted by Gasteiger charge is 2.35. The zero-order chi connectivity index (χ0) is 17.2. The minimum atomic E-state index is -4.22. The third-order valence-corrected chi connectivity index (χ3v) is 3.87. The molecule has 0 N–H and O–H groups in total. The number of nitro benzene ring substituents is 1. The Morgan fingerprint density at radius 3 is 2.61 bits per heavy atom. The molecule has 9 heteroatoms. The van der Waals surface area contributed by atoms with Gasteiger partial charge in [-0.2, -0.15) is 13.2 Å². The number of hydrogen-bond donors (Lipinski definition) is 0. The van der Waals surface area contributed by atoms with Crippen molar-refractivity contribution in [2.45, 2.75) is 19.1 Å². The van der Waals surface area contributed by atoms with Gasteiger partial charge >= 0.3 is 11.9 Å². The van der Waals surface area contributed by atoms with Gasteiger partial charge in [0, 0.05) is 43.5 Å². The molecule has 6 nitrogen and oxygen atoms in total. The minimum absolute atomic E-state index is 0.137. The van der Waals surface area contributed by atoms with Gasteiger partial charge in [0.15, 0.2) is 5.75 Å². The molecule has 0 aromatic heterocycles. The lowest BCUT2D eigenvalue weighted by atomic mass is 10.1. The summed E-state index contributed by atoms with van der Waals surface area (Å²) in [4.78, 5) is 13.7. The molecule has 23 heavy (non-hydrogen) atoms. The highest BCUT2D eigenvalue weighted by atomic mass is 19.4. The molecule has 1 aliphatic rings. The van der Waals surface area contributed by atoms with E-state index in [-0.39, 0.29) is 24.0 Å². The van der Waals surface area contributed by atoms with Crippen LogP contribution in [0.15, 0.2) is 18.2 Å². The molecule has 0 spiro atoms. The molecule has 1 atom stereocenters. The summed E-state index contributed by atoms with van der Waals surface area (Å²) in [6.45, 7) is 1.92. The normalized spacial score (nSPS) is 19.7. The van der Waals surface area contributed by atoms with Gasteiger partial charge in [-0.1, -0.05) is 0 Å². The van der Waals surface area contributed by atoms with E-state index in [2.05, 4.69) is 0 Å². The van der Waals surface area contributed by atoms with E-state index in [1.54, 1.807) is 19.1 Å². The summed E-state index contributed by atoms with van der Waals surface area (Å²) in [6, 6.07) is 4.21. The second-order valence-electron chi connectivity index (χ2n) is 5.49. The van der Waals surface area contributed by atoms with Crippen LogP contribution >= 0.6 is 0 Å². The van der Waals surface area contributed by atoms with E-state index >= 15 is 0 Å². The van der Waals surface area contributed by atoms with E-state index < -0.39 is 17.6 Å². The van der Waals surface area contributed by atoms with Crippen LogP contribution in [0.3, 0.4) is 0 Å². The minimum Gasteiger partial charge on any atom is -0.490 e. The molecule has 1 aliphatic heterocycles. The Labute approximate surface area is 131 Å². The van der Waals surface area contributed by atoms with Gasteiger partial charge in [0.25, 0.3) is 0 Å². The van der Waals surface area contributed by atoms with Crippen LogP contribution in [-0.2, 0) is 0 Å². The fourth-order valence-corrected chi connectivity index (χ4v) is 2.71. The highest BCUT2D eigenvalue weighted by molar-refractivity contribution is 5.59. The van der Waals surface area contributed by atoms with E-state index in [9.17, 15) is 23.3 Å². The van der Waals surface area contributed by atoms with Crippen LogP contribution < -0.4 is 9.64 Å². The molecule has 1 heterocycles. The molecule has 2 rings (SSSR count). The molecule has 1 aromatic rings. The molecule has 1 unspecified atom stereocenters. The van der Waals surface area contributed by atoms with Crippen LogP contribution in [-0.4, -0.2) is 55.3 Å². The molecule has 1 aromatic carbocycles. The van der Waals surface area contributed by atoms with Gasteiger partial charge < -0.3 is 9.64 Å². The van der Waals surface area contributed by atoms with Crippen molar-refractivity contribution in [1.29, 1.82) is 0 Å². The Hall–Kier alpha value is -2.03. The first-order chi connectivity index (χ1) is 10.7. The van der Waals surface area contributed by atoms with Gasteiger partial charge in [0.2, 0.25) is 0 Å². The maximum Gasteiger partial charge on any atom is 0.401 e. The summed E-state index contributed by atoms with van der Waals surface area (Å²) in [6.07, 6.45) is -4.22. The third-order valence-electron chi connectivity index (χ3n) is 3.87. The fourth-order valence-electron chi connectivity index (χ4n) is 2.71. The first kappa shape index (κ1) is 17.3. The SMILES string of the molecule is COc1cc(N2CCN(CC(F)(F)F)C(C)C2)ccc1[N+](=O)[O-]. The van der Waals surface area contributed by atoms with Crippen molar-refractivity contribution in [2.24, 2.45) is 0 Å². The van der Waals surface area contributed by atoms with Crippen molar-refractivity contribution in [3.05, 3.63) is 28.3 Å². The lowest BCUT2D eigenvalue weighted by Gasteiger charge is -2.41. The summed E-state index contributed by atoms with van der Waals surface area (Å²) >= 11 is 0. The number of anilines is 1. The molecular formula is C14H18F3N3O3. The fraction of sp³-hybridized carbons (Fsp3) is 0.571. The first-order valence-corrected chi connectivity index (χ1v) is 7.09. The Balaban J connectivity index is 2.11. The lowest BCUT2D eigenvalue weighted by Crippen LogP contribution is -2.54. The number of nitrogens with zero attached hydrogens (tertiary/aromatic N) is 3. The number of methoxy groups -OCH3 is 1. The van der Waals surface area contributed by atoms with Gasteiger partial charge in [-0.15, -0.1) is 0 Å². The topological polar surface area (TPSA) is 58.8 Å². The van der Waals surface area contributed by atoms with Gasteiger partial charge in [-0.05, 0) is 13.0 Å². The van der Waals surface area contributed by atoms with E-state index in [1.165, 1.54) is 18.1 Å². The maximum atomic E-state index is 12.5. The molecule has 0 bridgehead atoms. The number of rotatable bonds is 4. The van der Waals surface area contributed by atoms with Gasteiger partial charge in [0.1, 0.15) is 0 Å². The van der Waals surface area contributed by atoms with Crippen LogP contribution in [0.25, 0.3) is 0 Å². The van der Waals surface area contributed by atoms with E-state index in [4.69, 9.17) is 4.74 Å². The zero-order valence-electron chi connectivity index (χ0n) is 12.8. The van der Waals surface area contributed by atoms with Crippen molar-refractivity contribution in [3.8, 4) is 5.75 Å². The second-order valence-corrected chi connectivity index (χ2v) is 5.49. The first-order valence-electron chi connectivity index (χ1n) is 7.09.